The lowest BCUT2D eigenvalue weighted by molar-refractivity contribution is -0.138. The van der Waals surface area contributed by atoms with Gasteiger partial charge >= 0.3 is 5.97 Å². The van der Waals surface area contributed by atoms with Crippen LogP contribution in [0.15, 0.2) is 24.3 Å². The largest absolute Gasteiger partial charge is 0.480 e. The zero-order valence-corrected chi connectivity index (χ0v) is 13.4. The molecule has 0 aliphatic rings. The van der Waals surface area contributed by atoms with Crippen LogP contribution < -0.4 is 11.1 Å². The zero-order chi connectivity index (χ0) is 15.7. The number of carbonyl (C=O) groups is 2. The second-order valence-corrected chi connectivity index (χ2v) is 5.69. The topological polar surface area (TPSA) is 92.4 Å². The molecule has 0 aliphatic heterocycles. The Morgan fingerprint density at radius 1 is 1.29 bits per heavy atom. The van der Waals surface area contributed by atoms with Gasteiger partial charge in [0.05, 0.1) is 0 Å². The average molecular weight is 357 g/mol. The van der Waals surface area contributed by atoms with Crippen LogP contribution in [0.4, 0.5) is 5.69 Å². The van der Waals surface area contributed by atoms with E-state index in [0.29, 0.717) is 12.1 Å². The number of hydrogen-bond acceptors (Lipinski definition) is 3. The van der Waals surface area contributed by atoms with Crippen molar-refractivity contribution in [3.63, 3.8) is 0 Å². The minimum atomic E-state index is -1.03. The van der Waals surface area contributed by atoms with Crippen LogP contribution in [0, 0.1) is 0 Å². The van der Waals surface area contributed by atoms with E-state index >= 15 is 0 Å². The number of benzene rings is 1. The van der Waals surface area contributed by atoms with Gasteiger partial charge in [0.2, 0.25) is 5.91 Å². The van der Waals surface area contributed by atoms with Crippen molar-refractivity contribution in [2.24, 2.45) is 5.73 Å². The van der Waals surface area contributed by atoms with E-state index in [1.807, 2.05) is 0 Å². The van der Waals surface area contributed by atoms with E-state index in [1.165, 1.54) is 0 Å². The fraction of sp³-hybridized carbons (Fsp3) is 0.467. The molecule has 4 N–H and O–H groups in total. The molecule has 1 atom stereocenters. The van der Waals surface area contributed by atoms with Crippen LogP contribution in [-0.2, 0) is 16.0 Å². The normalized spacial score (nSPS) is 11.9. The monoisotopic (exact) mass is 356 g/mol. The highest BCUT2D eigenvalue weighted by Gasteiger charge is 2.12. The van der Waals surface area contributed by atoms with E-state index < -0.39 is 12.0 Å². The third kappa shape index (κ3) is 7.24. The molecular weight excluding hydrogens is 336 g/mol. The number of unbranched alkanes of at least 4 members (excludes halogenated alkanes) is 2. The molecule has 1 aromatic carbocycles. The summed E-state index contributed by atoms with van der Waals surface area (Å²) in [7, 11) is 0. The van der Waals surface area contributed by atoms with E-state index in [-0.39, 0.29) is 12.3 Å². The minimum Gasteiger partial charge on any atom is -0.480 e. The molecule has 1 amide bonds. The summed E-state index contributed by atoms with van der Waals surface area (Å²) < 4.78 is 0. The summed E-state index contributed by atoms with van der Waals surface area (Å²) >= 11 is 3.36. The predicted molar refractivity (Wildman–Crippen MR) is 86.6 cm³/mol. The van der Waals surface area contributed by atoms with Gasteiger partial charge in [-0.05, 0) is 37.0 Å². The highest BCUT2D eigenvalue weighted by Crippen LogP contribution is 2.13. The highest BCUT2D eigenvalue weighted by atomic mass is 79.9. The van der Waals surface area contributed by atoms with Crippen LogP contribution in [0.5, 0.6) is 0 Å². The molecule has 0 bridgehead atoms. The van der Waals surface area contributed by atoms with Crippen LogP contribution in [0.25, 0.3) is 0 Å². The van der Waals surface area contributed by atoms with Gasteiger partial charge < -0.3 is 16.2 Å². The van der Waals surface area contributed by atoms with Crippen LogP contribution in [0.2, 0.25) is 0 Å². The number of alkyl halides is 1. The first-order valence-electron chi connectivity index (χ1n) is 6.96. The van der Waals surface area contributed by atoms with Crippen molar-refractivity contribution in [3.8, 4) is 0 Å². The minimum absolute atomic E-state index is 0.0238. The molecular formula is C15H21BrN2O3. The Morgan fingerprint density at radius 2 is 2.05 bits per heavy atom. The van der Waals surface area contributed by atoms with Gasteiger partial charge in [0, 0.05) is 17.4 Å². The fourth-order valence-electron chi connectivity index (χ4n) is 1.90. The second-order valence-electron chi connectivity index (χ2n) is 4.90. The van der Waals surface area contributed by atoms with Crippen LogP contribution >= 0.6 is 15.9 Å². The molecule has 6 heteroatoms. The van der Waals surface area contributed by atoms with Gasteiger partial charge in [0.1, 0.15) is 6.04 Å². The molecule has 0 radical (unpaired) electrons. The molecule has 116 valence electrons. The Bertz CT molecular complexity index is 480. The van der Waals surface area contributed by atoms with Gasteiger partial charge in [-0.1, -0.05) is 34.5 Å². The molecule has 0 heterocycles. The first kappa shape index (κ1) is 17.7. The quantitative estimate of drug-likeness (QED) is 0.468. The van der Waals surface area contributed by atoms with E-state index in [1.54, 1.807) is 24.3 Å². The van der Waals surface area contributed by atoms with Gasteiger partial charge in [-0.15, -0.1) is 0 Å². The highest BCUT2D eigenvalue weighted by molar-refractivity contribution is 9.09. The van der Waals surface area contributed by atoms with E-state index in [2.05, 4.69) is 21.2 Å². The van der Waals surface area contributed by atoms with Crippen molar-refractivity contribution < 1.29 is 14.7 Å². The Hall–Kier alpha value is -1.40. The lowest BCUT2D eigenvalue weighted by atomic mass is 10.1. The number of carboxylic acids is 1. The van der Waals surface area contributed by atoms with E-state index in [9.17, 15) is 9.59 Å². The Balaban J connectivity index is 2.48. The number of hydrogen-bond donors (Lipinski definition) is 3. The third-order valence-electron chi connectivity index (χ3n) is 3.02. The number of amides is 1. The molecule has 1 rings (SSSR count). The summed E-state index contributed by atoms with van der Waals surface area (Å²) in [6.07, 6.45) is 3.68. The summed E-state index contributed by atoms with van der Waals surface area (Å²) in [5.41, 5.74) is 6.97. The molecule has 0 saturated carbocycles. The number of rotatable bonds is 9. The lowest BCUT2D eigenvalue weighted by Crippen LogP contribution is -2.32. The van der Waals surface area contributed by atoms with Gasteiger partial charge in [-0.25, -0.2) is 0 Å². The summed E-state index contributed by atoms with van der Waals surface area (Å²) in [5.74, 6) is -1.06. The van der Waals surface area contributed by atoms with Crippen molar-refractivity contribution >= 4 is 33.5 Å². The van der Waals surface area contributed by atoms with Crippen LogP contribution in [0.1, 0.15) is 31.2 Å². The van der Waals surface area contributed by atoms with Crippen molar-refractivity contribution in [2.45, 2.75) is 38.1 Å². The standard InChI is InChI=1S/C15H21BrN2O3/c16-8-3-1-2-7-14(19)18-12-6-4-5-11(9-12)10-13(17)15(20)21/h4-6,9,13H,1-3,7-8,10,17H2,(H,18,19)(H,20,21)/t13-/m0/s1. The third-order valence-corrected chi connectivity index (χ3v) is 3.58. The molecule has 5 nitrogen and oxygen atoms in total. The molecule has 21 heavy (non-hydrogen) atoms. The smallest absolute Gasteiger partial charge is 0.320 e. The van der Waals surface area contributed by atoms with Crippen molar-refractivity contribution in [3.05, 3.63) is 29.8 Å². The summed E-state index contributed by atoms with van der Waals surface area (Å²) in [5, 5.41) is 12.6. The predicted octanol–water partition coefficient (Wildman–Crippen LogP) is 2.53. The number of anilines is 1. The number of halogens is 1. The molecule has 1 aromatic rings. The molecule has 0 spiro atoms. The Labute approximate surface area is 133 Å². The summed E-state index contributed by atoms with van der Waals surface area (Å²) in [4.78, 5) is 22.5. The SMILES string of the molecule is N[C@@H](Cc1cccc(NC(=O)CCCCCBr)c1)C(=O)O. The number of carbonyl (C=O) groups excluding carboxylic acids is 1. The van der Waals surface area contributed by atoms with Crippen molar-refractivity contribution in [2.75, 3.05) is 10.6 Å². The fourth-order valence-corrected chi connectivity index (χ4v) is 2.29. The Morgan fingerprint density at radius 3 is 2.71 bits per heavy atom. The lowest BCUT2D eigenvalue weighted by Gasteiger charge is -2.09. The van der Waals surface area contributed by atoms with Gasteiger partial charge in [0.15, 0.2) is 0 Å². The number of nitrogens with two attached hydrogens (primary N) is 1. The maximum atomic E-state index is 11.8. The zero-order valence-electron chi connectivity index (χ0n) is 11.8. The summed E-state index contributed by atoms with van der Waals surface area (Å²) in [6.45, 7) is 0. The van der Waals surface area contributed by atoms with E-state index in [0.717, 1.165) is 30.2 Å². The van der Waals surface area contributed by atoms with Crippen LogP contribution in [-0.4, -0.2) is 28.4 Å². The first-order valence-corrected chi connectivity index (χ1v) is 8.08. The molecule has 0 aliphatic carbocycles. The molecule has 0 aromatic heterocycles. The van der Waals surface area contributed by atoms with Crippen molar-refractivity contribution in [1.29, 1.82) is 0 Å². The molecule has 0 saturated heterocycles. The average Bonchev–Trinajstić information content (AvgIpc) is 2.44. The maximum absolute atomic E-state index is 11.8. The number of nitrogens with one attached hydrogen (secondary N) is 1. The Kier molecular flexibility index (Phi) is 8.00. The number of carboxylic acid groups (broad SMARTS) is 1. The van der Waals surface area contributed by atoms with Gasteiger partial charge in [-0.3, -0.25) is 9.59 Å². The maximum Gasteiger partial charge on any atom is 0.320 e. The number of aliphatic carboxylic acids is 1. The first-order chi connectivity index (χ1) is 10.0. The van der Waals surface area contributed by atoms with E-state index in [4.69, 9.17) is 10.8 Å². The molecule has 0 fully saturated rings. The van der Waals surface area contributed by atoms with Crippen molar-refractivity contribution in [1.82, 2.24) is 0 Å². The van der Waals surface area contributed by atoms with Gasteiger partial charge in [-0.2, -0.15) is 0 Å². The van der Waals surface area contributed by atoms with Gasteiger partial charge in [0.25, 0.3) is 0 Å². The van der Waals surface area contributed by atoms with Crippen LogP contribution in [0.3, 0.4) is 0 Å². The second kappa shape index (κ2) is 9.52. The molecule has 0 unspecified atom stereocenters. The summed E-state index contributed by atoms with van der Waals surface area (Å²) in [6, 6.07) is 6.20.